The number of ether oxygens (including phenoxy) is 8. The highest BCUT2D eigenvalue weighted by atomic mass is 31.2. The third-order valence-electron chi connectivity index (χ3n) is 4.80. The molecule has 0 aliphatic heterocycles. The van der Waals surface area contributed by atoms with Crippen LogP contribution in [0.4, 0.5) is 0 Å². The molecule has 0 rings (SSSR count). The van der Waals surface area contributed by atoms with Crippen molar-refractivity contribution in [2.45, 2.75) is 66.4 Å². The number of likely N-dealkylation sites (N-methyl/N-ethyl adjacent to an activating group) is 1. The van der Waals surface area contributed by atoms with Gasteiger partial charge in [-0.1, -0.05) is 6.58 Å². The minimum Gasteiger partial charge on any atom is -0.756 e. The van der Waals surface area contributed by atoms with Gasteiger partial charge in [-0.15, -0.1) is 0 Å². The lowest BCUT2D eigenvalue weighted by Gasteiger charge is -2.46. The summed E-state index contributed by atoms with van der Waals surface area (Å²) in [6.07, 6.45) is 0. The molecule has 15 heteroatoms. The van der Waals surface area contributed by atoms with Crippen molar-refractivity contribution in [3.05, 3.63) is 12.2 Å². The van der Waals surface area contributed by atoms with Crippen molar-refractivity contribution in [1.82, 2.24) is 0 Å². The number of hydrogen-bond donors (Lipinski definition) is 0. The maximum absolute atomic E-state index is 13.6. The van der Waals surface area contributed by atoms with Crippen LogP contribution >= 0.6 is 7.82 Å². The van der Waals surface area contributed by atoms with Crippen molar-refractivity contribution in [3.8, 4) is 0 Å². The van der Waals surface area contributed by atoms with E-state index < -0.39 is 37.3 Å². The zero-order chi connectivity index (χ0) is 31.1. The van der Waals surface area contributed by atoms with E-state index >= 15 is 0 Å². The third kappa shape index (κ3) is 11.3. The standard InChI is InChI=1S/C25H50NO13P/c1-12-30-23(31-13-2,32-14-3)21(8)22(27)38-24(33-15-4,34-16-5)25(35-17-6,36-18-7)39-40(28,29)37-20-19-26(9,10)11/h8,12-20H2,1-7,9-11H3. The van der Waals surface area contributed by atoms with Crippen LogP contribution in [-0.2, 0) is 56.3 Å². The van der Waals surface area contributed by atoms with Gasteiger partial charge in [0.2, 0.25) is 0 Å². The molecule has 0 fully saturated rings. The van der Waals surface area contributed by atoms with E-state index in [0.717, 1.165) is 0 Å². The van der Waals surface area contributed by atoms with E-state index in [4.69, 9.17) is 46.9 Å². The summed E-state index contributed by atoms with van der Waals surface area (Å²) in [5.41, 5.74) is -0.423. The molecule has 0 aromatic heterocycles. The van der Waals surface area contributed by atoms with E-state index in [1.807, 2.05) is 21.1 Å². The number of hydrogen-bond acceptors (Lipinski definition) is 13. The van der Waals surface area contributed by atoms with Crippen molar-refractivity contribution in [2.24, 2.45) is 0 Å². The largest absolute Gasteiger partial charge is 0.756 e. The fourth-order valence-electron chi connectivity index (χ4n) is 3.29. The average Bonchev–Trinajstić information content (AvgIpc) is 2.83. The lowest BCUT2D eigenvalue weighted by molar-refractivity contribution is -0.870. The zero-order valence-corrected chi connectivity index (χ0v) is 26.7. The molecule has 0 radical (unpaired) electrons. The number of quaternary nitrogens is 1. The van der Waals surface area contributed by atoms with Gasteiger partial charge >= 0.3 is 23.9 Å². The Kier molecular flexibility index (Phi) is 17.4. The Morgan fingerprint density at radius 2 is 1.10 bits per heavy atom. The molecule has 40 heavy (non-hydrogen) atoms. The van der Waals surface area contributed by atoms with E-state index in [9.17, 15) is 14.3 Å². The fourth-order valence-corrected chi connectivity index (χ4v) is 4.16. The lowest BCUT2D eigenvalue weighted by Crippen LogP contribution is -2.65. The minimum absolute atomic E-state index is 0.0866. The molecule has 0 aliphatic carbocycles. The Labute approximate surface area is 238 Å². The monoisotopic (exact) mass is 603 g/mol. The summed E-state index contributed by atoms with van der Waals surface area (Å²) in [4.78, 5) is 26.7. The quantitative estimate of drug-likeness (QED) is 0.0523. The zero-order valence-electron chi connectivity index (χ0n) is 25.8. The molecule has 0 saturated carbocycles. The molecule has 0 aromatic carbocycles. The number of carbonyl (C=O) groups excluding carboxylic acids is 1. The first-order valence-corrected chi connectivity index (χ1v) is 15.0. The van der Waals surface area contributed by atoms with Crippen molar-refractivity contribution in [1.29, 1.82) is 0 Å². The first kappa shape index (κ1) is 39.0. The van der Waals surface area contributed by atoms with E-state index in [2.05, 4.69) is 6.58 Å². The van der Waals surface area contributed by atoms with Gasteiger partial charge < -0.3 is 51.8 Å². The van der Waals surface area contributed by atoms with Crippen LogP contribution in [0.2, 0.25) is 0 Å². The van der Waals surface area contributed by atoms with Gasteiger partial charge in [-0.3, -0.25) is 9.09 Å². The number of nitrogens with zero attached hydrogens (tertiary/aromatic N) is 1. The second-order valence-electron chi connectivity index (χ2n) is 8.95. The van der Waals surface area contributed by atoms with E-state index in [0.29, 0.717) is 11.0 Å². The van der Waals surface area contributed by atoms with Gasteiger partial charge in [-0.05, 0) is 48.5 Å². The van der Waals surface area contributed by atoms with Gasteiger partial charge in [0.15, 0.2) is 0 Å². The molecular weight excluding hydrogens is 553 g/mol. The van der Waals surface area contributed by atoms with Crippen LogP contribution in [0.15, 0.2) is 12.2 Å². The topological polar surface area (TPSA) is 150 Å². The smallest absolute Gasteiger partial charge is 0.417 e. The van der Waals surface area contributed by atoms with Gasteiger partial charge in [0.25, 0.3) is 7.82 Å². The predicted molar refractivity (Wildman–Crippen MR) is 142 cm³/mol. The van der Waals surface area contributed by atoms with Gasteiger partial charge in [0.05, 0.1) is 47.6 Å². The Balaban J connectivity index is 6.80. The normalized spacial score (nSPS) is 14.7. The van der Waals surface area contributed by atoms with Crippen molar-refractivity contribution in [3.63, 3.8) is 0 Å². The summed E-state index contributed by atoms with van der Waals surface area (Å²) in [6, 6.07) is 0. The van der Waals surface area contributed by atoms with Crippen molar-refractivity contribution in [2.75, 3.05) is 80.5 Å². The SMILES string of the molecule is C=C(C(=O)OC(OCC)(OCC)C(OCC)(OCC)OP(=O)([O-])OCC[N+](C)(C)C)C(OCC)(OCC)OCC. The number of carbonyl (C=O) groups is 1. The molecule has 0 heterocycles. The van der Waals surface area contributed by atoms with Crippen molar-refractivity contribution < 1.29 is 65.7 Å². The first-order chi connectivity index (χ1) is 18.6. The molecule has 1 atom stereocenters. The van der Waals surface area contributed by atoms with E-state index in [-0.39, 0.29) is 52.9 Å². The van der Waals surface area contributed by atoms with Gasteiger partial charge in [-0.25, -0.2) is 4.79 Å². The molecule has 1 unspecified atom stereocenters. The number of phosphoric ester groups is 1. The Morgan fingerprint density at radius 1 is 0.725 bits per heavy atom. The second kappa shape index (κ2) is 17.8. The Morgan fingerprint density at radius 3 is 1.45 bits per heavy atom. The van der Waals surface area contributed by atoms with Gasteiger partial charge in [0.1, 0.15) is 18.7 Å². The Hall–Kier alpha value is -1.00. The third-order valence-corrected chi connectivity index (χ3v) is 5.76. The highest BCUT2D eigenvalue weighted by Gasteiger charge is 2.65. The summed E-state index contributed by atoms with van der Waals surface area (Å²) >= 11 is 0. The summed E-state index contributed by atoms with van der Waals surface area (Å²) in [7, 11) is 0.388. The van der Waals surface area contributed by atoms with Crippen LogP contribution in [0.5, 0.6) is 0 Å². The molecule has 0 amide bonds. The summed E-state index contributed by atoms with van der Waals surface area (Å²) in [5.74, 6) is -8.74. The first-order valence-electron chi connectivity index (χ1n) is 13.5. The Bertz CT molecular complexity index is 773. The molecule has 0 N–H and O–H groups in total. The molecule has 14 nitrogen and oxygen atoms in total. The lowest BCUT2D eigenvalue weighted by atomic mass is 10.2. The summed E-state index contributed by atoms with van der Waals surface area (Å²) < 4.78 is 69.3. The van der Waals surface area contributed by atoms with Crippen LogP contribution in [-0.4, -0.2) is 109 Å². The van der Waals surface area contributed by atoms with Crippen LogP contribution in [0.3, 0.4) is 0 Å². The summed E-state index contributed by atoms with van der Waals surface area (Å²) in [5, 5.41) is 0. The van der Waals surface area contributed by atoms with Crippen LogP contribution in [0.1, 0.15) is 48.5 Å². The number of rotatable bonds is 24. The maximum Gasteiger partial charge on any atom is 0.417 e. The van der Waals surface area contributed by atoms with Crippen LogP contribution in [0.25, 0.3) is 0 Å². The fraction of sp³-hybridized carbons (Fsp3) is 0.880. The summed E-state index contributed by atoms with van der Waals surface area (Å²) in [6.45, 7) is 14.7. The molecular formula is C25H50NO13P. The van der Waals surface area contributed by atoms with Crippen molar-refractivity contribution >= 4 is 13.8 Å². The average molecular weight is 604 g/mol. The van der Waals surface area contributed by atoms with Crippen LogP contribution in [0, 0.1) is 0 Å². The van der Waals surface area contributed by atoms with Gasteiger partial charge in [-0.2, -0.15) is 0 Å². The van der Waals surface area contributed by atoms with E-state index in [1.165, 1.54) is 0 Å². The molecule has 0 spiro atoms. The van der Waals surface area contributed by atoms with Crippen LogP contribution < -0.4 is 4.89 Å². The predicted octanol–water partition coefficient (Wildman–Crippen LogP) is 2.51. The number of esters is 1. The highest BCUT2D eigenvalue weighted by molar-refractivity contribution is 7.45. The number of phosphoric acid groups is 1. The highest BCUT2D eigenvalue weighted by Crippen LogP contribution is 2.50. The molecule has 0 aliphatic rings. The second-order valence-corrected chi connectivity index (χ2v) is 10.3. The minimum atomic E-state index is -5.19. The maximum atomic E-state index is 13.6. The van der Waals surface area contributed by atoms with Gasteiger partial charge in [0, 0.05) is 19.8 Å². The molecule has 0 bridgehead atoms. The molecule has 0 aromatic rings. The van der Waals surface area contributed by atoms with E-state index in [1.54, 1.807) is 48.5 Å². The molecule has 0 saturated heterocycles. The molecule has 238 valence electrons.